The third-order valence-electron chi connectivity index (χ3n) is 5.15. The lowest BCUT2D eigenvalue weighted by Gasteiger charge is -2.51. The zero-order valence-electron chi connectivity index (χ0n) is 13.4. The van der Waals surface area contributed by atoms with Crippen LogP contribution in [0.2, 0.25) is 0 Å². The summed E-state index contributed by atoms with van der Waals surface area (Å²) in [6.07, 6.45) is -0.548. The van der Waals surface area contributed by atoms with E-state index in [-0.39, 0.29) is 23.9 Å². The van der Waals surface area contributed by atoms with Gasteiger partial charge in [0.2, 0.25) is 5.91 Å². The minimum absolute atomic E-state index is 0.00835. The fraction of sp³-hybridized carbons (Fsp3) is 0.667. The topological polar surface area (TPSA) is 79.9 Å². The summed E-state index contributed by atoms with van der Waals surface area (Å²) in [5, 5.41) is 20.9. The number of hydrogen-bond acceptors (Lipinski definition) is 6. The third kappa shape index (κ3) is 1.88. The molecule has 0 aromatic carbocycles. The lowest BCUT2D eigenvalue weighted by Crippen LogP contribution is -2.75. The molecule has 3 fully saturated rings. The average molecular weight is 307 g/mol. The molecule has 122 valence electrons. The minimum Gasteiger partial charge on any atom is -0.388 e. The first-order valence-electron chi connectivity index (χ1n) is 7.64. The van der Waals surface area contributed by atoms with Crippen molar-refractivity contribution in [1.82, 2.24) is 25.8 Å². The molecule has 3 heterocycles. The van der Waals surface area contributed by atoms with E-state index in [0.29, 0.717) is 12.4 Å². The summed E-state index contributed by atoms with van der Waals surface area (Å²) in [7, 11) is 1.77. The van der Waals surface area contributed by atoms with Gasteiger partial charge in [0.1, 0.15) is 6.10 Å². The maximum Gasteiger partial charge on any atom is 0.219 e. The SMILES string of the molecule is C=C1N[C@H]2C(CN(C)C(C)=O)NC(=C)N3C[C@H](C)[C@H](O)[C@]23N1. The van der Waals surface area contributed by atoms with Crippen LogP contribution in [0.4, 0.5) is 0 Å². The number of nitrogens with zero attached hydrogens (tertiary/aromatic N) is 2. The van der Waals surface area contributed by atoms with Gasteiger partial charge in [0, 0.05) is 33.0 Å². The summed E-state index contributed by atoms with van der Waals surface area (Å²) in [6.45, 7) is 12.9. The summed E-state index contributed by atoms with van der Waals surface area (Å²) in [6, 6.07) is -0.170. The Morgan fingerprint density at radius 2 is 2.18 bits per heavy atom. The second-order valence-electron chi connectivity index (χ2n) is 6.68. The highest BCUT2D eigenvalue weighted by atomic mass is 16.3. The molecule has 7 heteroatoms. The molecule has 4 N–H and O–H groups in total. The van der Waals surface area contributed by atoms with Crippen LogP contribution >= 0.6 is 0 Å². The molecule has 1 spiro atoms. The second-order valence-corrected chi connectivity index (χ2v) is 6.68. The second kappa shape index (κ2) is 4.81. The van der Waals surface area contributed by atoms with Crippen LogP contribution in [0, 0.1) is 5.92 Å². The highest BCUT2D eigenvalue weighted by Gasteiger charge is 2.64. The maximum absolute atomic E-state index is 11.6. The van der Waals surface area contributed by atoms with E-state index in [0.717, 1.165) is 12.4 Å². The Hall–Kier alpha value is -1.89. The van der Waals surface area contributed by atoms with Crippen LogP contribution in [-0.2, 0) is 4.79 Å². The lowest BCUT2D eigenvalue weighted by molar-refractivity contribution is -0.128. The lowest BCUT2D eigenvalue weighted by atomic mass is 9.85. The van der Waals surface area contributed by atoms with Crippen molar-refractivity contribution < 1.29 is 9.90 Å². The van der Waals surface area contributed by atoms with Crippen molar-refractivity contribution in [2.45, 2.75) is 37.7 Å². The van der Waals surface area contributed by atoms with E-state index in [1.54, 1.807) is 18.9 Å². The van der Waals surface area contributed by atoms with E-state index in [4.69, 9.17) is 0 Å². The highest BCUT2D eigenvalue weighted by molar-refractivity contribution is 5.72. The van der Waals surface area contributed by atoms with Gasteiger partial charge in [-0.1, -0.05) is 20.1 Å². The van der Waals surface area contributed by atoms with Gasteiger partial charge >= 0.3 is 0 Å². The summed E-state index contributed by atoms with van der Waals surface area (Å²) in [5.41, 5.74) is -0.652. The van der Waals surface area contributed by atoms with E-state index >= 15 is 0 Å². The van der Waals surface area contributed by atoms with Crippen molar-refractivity contribution in [3.05, 3.63) is 24.8 Å². The van der Waals surface area contributed by atoms with Gasteiger partial charge in [-0.25, -0.2) is 0 Å². The first-order valence-corrected chi connectivity index (χ1v) is 7.64. The Kier molecular flexibility index (Phi) is 3.28. The minimum atomic E-state index is -0.652. The molecule has 0 aromatic rings. The Morgan fingerprint density at radius 1 is 1.50 bits per heavy atom. The summed E-state index contributed by atoms with van der Waals surface area (Å²) >= 11 is 0. The van der Waals surface area contributed by atoms with Gasteiger partial charge in [-0.2, -0.15) is 0 Å². The molecular weight excluding hydrogens is 282 g/mol. The molecule has 0 bridgehead atoms. The number of likely N-dealkylation sites (N-methyl/N-ethyl adjacent to an activating group) is 1. The van der Waals surface area contributed by atoms with Crippen molar-refractivity contribution in [1.29, 1.82) is 0 Å². The van der Waals surface area contributed by atoms with Crippen molar-refractivity contribution in [3.63, 3.8) is 0 Å². The molecule has 0 aliphatic carbocycles. The third-order valence-corrected chi connectivity index (χ3v) is 5.15. The number of hydrogen-bond donors (Lipinski definition) is 4. The molecule has 0 radical (unpaired) electrons. The molecule has 3 aliphatic rings. The first-order chi connectivity index (χ1) is 10.3. The van der Waals surface area contributed by atoms with E-state index in [1.165, 1.54) is 0 Å². The number of aliphatic hydroxyl groups excluding tert-OH is 1. The summed E-state index contributed by atoms with van der Waals surface area (Å²) < 4.78 is 0. The smallest absolute Gasteiger partial charge is 0.219 e. The van der Waals surface area contributed by atoms with Crippen LogP contribution < -0.4 is 16.0 Å². The number of carbonyl (C=O) groups excluding carboxylic acids is 1. The van der Waals surface area contributed by atoms with Gasteiger partial charge in [-0.15, -0.1) is 0 Å². The predicted molar refractivity (Wildman–Crippen MR) is 83.2 cm³/mol. The van der Waals surface area contributed by atoms with Gasteiger partial charge in [0.25, 0.3) is 0 Å². The van der Waals surface area contributed by atoms with Crippen LogP contribution in [0.25, 0.3) is 0 Å². The fourth-order valence-electron chi connectivity index (χ4n) is 3.97. The van der Waals surface area contributed by atoms with E-state index in [1.807, 2.05) is 6.92 Å². The number of aliphatic hydroxyl groups is 1. The molecule has 1 amide bonds. The van der Waals surface area contributed by atoms with Crippen LogP contribution in [0.3, 0.4) is 0 Å². The molecular formula is C15H25N5O2. The number of rotatable bonds is 2. The van der Waals surface area contributed by atoms with Crippen molar-refractivity contribution in [2.75, 3.05) is 20.1 Å². The normalized spacial score (nSPS) is 39.5. The number of carbonyl (C=O) groups is 1. The Morgan fingerprint density at radius 3 is 2.82 bits per heavy atom. The van der Waals surface area contributed by atoms with Crippen molar-refractivity contribution in [3.8, 4) is 0 Å². The quantitative estimate of drug-likeness (QED) is 0.521. The van der Waals surface area contributed by atoms with E-state index in [9.17, 15) is 9.90 Å². The maximum atomic E-state index is 11.6. The standard InChI is InChI=1S/C15H25N5O2/c1-8-6-20-10(3)17-12(7-19(5)11(4)21)13-15(20,14(8)22)18-9(2)16-13/h8,12-14,16-18,22H,2-3,6-7H2,1,4-5H3/t8-,12?,13-,14-,15-/m0/s1. The molecule has 0 aromatic heterocycles. The van der Waals surface area contributed by atoms with E-state index in [2.05, 4.69) is 34.0 Å². The van der Waals surface area contributed by atoms with Gasteiger partial charge < -0.3 is 30.9 Å². The molecule has 1 unspecified atom stereocenters. The Labute approximate surface area is 131 Å². The van der Waals surface area contributed by atoms with Crippen LogP contribution in [0.5, 0.6) is 0 Å². The average Bonchev–Trinajstić information content (AvgIpc) is 2.91. The van der Waals surface area contributed by atoms with E-state index < -0.39 is 11.8 Å². The van der Waals surface area contributed by atoms with Gasteiger partial charge in [-0.3, -0.25) is 4.79 Å². The number of amides is 1. The van der Waals surface area contributed by atoms with Crippen LogP contribution in [0.1, 0.15) is 13.8 Å². The highest BCUT2D eigenvalue weighted by Crippen LogP contribution is 2.43. The molecule has 22 heavy (non-hydrogen) atoms. The summed E-state index contributed by atoms with van der Waals surface area (Å²) in [4.78, 5) is 15.3. The zero-order valence-corrected chi connectivity index (χ0v) is 13.4. The van der Waals surface area contributed by atoms with Gasteiger partial charge in [0.15, 0.2) is 5.66 Å². The van der Waals surface area contributed by atoms with Crippen LogP contribution in [-0.4, -0.2) is 64.8 Å². The molecule has 3 rings (SSSR count). The van der Waals surface area contributed by atoms with Gasteiger partial charge in [-0.05, 0) is 0 Å². The Bertz CT molecular complexity index is 536. The molecule has 7 nitrogen and oxygen atoms in total. The zero-order chi connectivity index (χ0) is 16.2. The molecule has 3 saturated heterocycles. The fourth-order valence-corrected chi connectivity index (χ4v) is 3.97. The van der Waals surface area contributed by atoms with Crippen molar-refractivity contribution >= 4 is 5.91 Å². The monoisotopic (exact) mass is 307 g/mol. The van der Waals surface area contributed by atoms with Gasteiger partial charge in [0.05, 0.1) is 23.7 Å². The van der Waals surface area contributed by atoms with Crippen LogP contribution in [0.15, 0.2) is 24.8 Å². The Balaban J connectivity index is 1.95. The largest absolute Gasteiger partial charge is 0.388 e. The molecule has 0 saturated carbocycles. The van der Waals surface area contributed by atoms with Crippen molar-refractivity contribution in [2.24, 2.45) is 5.92 Å². The molecule has 5 atom stereocenters. The molecule has 3 aliphatic heterocycles. The first kappa shape index (κ1) is 15.0. The summed E-state index contributed by atoms with van der Waals surface area (Å²) in [5.74, 6) is 1.58. The number of nitrogens with one attached hydrogen (secondary N) is 3. The predicted octanol–water partition coefficient (Wildman–Crippen LogP) is -1.05.